The zero-order valence-corrected chi connectivity index (χ0v) is 5.08. The number of hydrogen-bond donors (Lipinski definition) is 0. The second-order valence-electron chi connectivity index (χ2n) is 1.23. The summed E-state index contributed by atoms with van der Waals surface area (Å²) in [5.74, 6) is 0. The standard InChI is InChI=1S/C4H6N2.Fe/c1-6-3-2-5-4-6;/h2-4H,1H3;/q;+2. The van der Waals surface area contributed by atoms with Crippen molar-refractivity contribution in [3.63, 3.8) is 0 Å². The smallest absolute Gasteiger partial charge is 0.341 e. The van der Waals surface area contributed by atoms with Crippen molar-refractivity contribution in [3.05, 3.63) is 18.7 Å². The summed E-state index contributed by atoms with van der Waals surface area (Å²) in [5, 5.41) is 0. The fourth-order valence-electron chi connectivity index (χ4n) is 0.326. The number of hydrogen-bond acceptors (Lipinski definition) is 1. The molecule has 0 fully saturated rings. The molecule has 1 heterocycles. The predicted octanol–water partition coefficient (Wildman–Crippen LogP) is 0.418. The first kappa shape index (κ1) is 6.73. The van der Waals surface area contributed by atoms with Gasteiger partial charge in [0.05, 0.1) is 6.33 Å². The first-order chi connectivity index (χ1) is 2.89. The Hall–Kier alpha value is -0.271. The molecule has 0 saturated heterocycles. The molecule has 0 aliphatic carbocycles. The molecule has 0 unspecified atom stereocenters. The minimum atomic E-state index is 0. The maximum absolute atomic E-state index is 3.78. The molecule has 2 nitrogen and oxygen atoms in total. The Kier molecular flexibility index (Phi) is 2.72. The van der Waals surface area contributed by atoms with Gasteiger partial charge in [-0.05, 0) is 0 Å². The fourth-order valence-corrected chi connectivity index (χ4v) is 0.326. The van der Waals surface area contributed by atoms with Crippen LogP contribution in [-0.4, -0.2) is 9.55 Å². The van der Waals surface area contributed by atoms with E-state index >= 15 is 0 Å². The van der Waals surface area contributed by atoms with E-state index in [1.165, 1.54) is 0 Å². The van der Waals surface area contributed by atoms with Crippen LogP contribution in [0.1, 0.15) is 0 Å². The van der Waals surface area contributed by atoms with Gasteiger partial charge in [-0.2, -0.15) is 0 Å². The van der Waals surface area contributed by atoms with E-state index in [1.807, 2.05) is 17.8 Å². The minimum Gasteiger partial charge on any atom is -0.341 e. The molecule has 1 aromatic rings. The van der Waals surface area contributed by atoms with Crippen LogP contribution in [0.15, 0.2) is 18.7 Å². The second-order valence-corrected chi connectivity index (χ2v) is 1.23. The number of rotatable bonds is 0. The average Bonchev–Trinajstić information content (AvgIpc) is 1.86. The van der Waals surface area contributed by atoms with Gasteiger partial charge in [0, 0.05) is 19.4 Å². The number of imidazole rings is 1. The summed E-state index contributed by atoms with van der Waals surface area (Å²) < 4.78 is 1.89. The molecular weight excluding hydrogens is 132 g/mol. The molecule has 1 aromatic heterocycles. The third-order valence-electron chi connectivity index (χ3n) is 0.637. The van der Waals surface area contributed by atoms with Crippen LogP contribution in [0.4, 0.5) is 0 Å². The van der Waals surface area contributed by atoms with Crippen LogP contribution in [0.3, 0.4) is 0 Å². The number of aryl methyl sites for hydroxylation is 1. The minimum absolute atomic E-state index is 0. The Morgan fingerprint density at radius 3 is 2.43 bits per heavy atom. The maximum atomic E-state index is 3.78. The molecule has 0 aliphatic rings. The van der Waals surface area contributed by atoms with Crippen LogP contribution in [0.2, 0.25) is 0 Å². The molecule has 7 heavy (non-hydrogen) atoms. The summed E-state index contributed by atoms with van der Waals surface area (Å²) in [6.45, 7) is 0. The Balaban J connectivity index is 0.000000360. The van der Waals surface area contributed by atoms with Crippen molar-refractivity contribution in [2.75, 3.05) is 0 Å². The summed E-state index contributed by atoms with van der Waals surface area (Å²) in [6.07, 6.45) is 5.39. The van der Waals surface area contributed by atoms with Gasteiger partial charge in [0.15, 0.2) is 0 Å². The number of aromatic nitrogens is 2. The Morgan fingerprint density at radius 1 is 1.57 bits per heavy atom. The maximum Gasteiger partial charge on any atom is 2.00 e. The van der Waals surface area contributed by atoms with Gasteiger partial charge in [-0.15, -0.1) is 0 Å². The van der Waals surface area contributed by atoms with E-state index in [9.17, 15) is 0 Å². The van der Waals surface area contributed by atoms with E-state index in [4.69, 9.17) is 0 Å². The molecule has 0 saturated carbocycles. The molecule has 0 radical (unpaired) electrons. The van der Waals surface area contributed by atoms with Crippen LogP contribution in [0, 0.1) is 0 Å². The SMILES string of the molecule is Cn1ccnc1.[Fe+2]. The molecule has 38 valence electrons. The van der Waals surface area contributed by atoms with Crippen molar-refractivity contribution in [2.45, 2.75) is 0 Å². The largest absolute Gasteiger partial charge is 2.00 e. The van der Waals surface area contributed by atoms with Gasteiger partial charge in [0.25, 0.3) is 0 Å². The van der Waals surface area contributed by atoms with Crippen LogP contribution in [0.25, 0.3) is 0 Å². The zero-order chi connectivity index (χ0) is 4.41. The molecule has 0 spiro atoms. The summed E-state index contributed by atoms with van der Waals surface area (Å²) in [6, 6.07) is 0. The van der Waals surface area contributed by atoms with Crippen molar-refractivity contribution in [2.24, 2.45) is 7.05 Å². The Labute approximate surface area is 53.0 Å². The third-order valence-corrected chi connectivity index (χ3v) is 0.637. The van der Waals surface area contributed by atoms with E-state index in [0.29, 0.717) is 0 Å². The van der Waals surface area contributed by atoms with Crippen molar-refractivity contribution in [3.8, 4) is 0 Å². The zero-order valence-electron chi connectivity index (χ0n) is 3.98. The molecule has 0 N–H and O–H groups in total. The van der Waals surface area contributed by atoms with Crippen LogP contribution < -0.4 is 0 Å². The van der Waals surface area contributed by atoms with Crippen molar-refractivity contribution in [1.29, 1.82) is 0 Å². The van der Waals surface area contributed by atoms with Gasteiger partial charge in [0.2, 0.25) is 0 Å². The van der Waals surface area contributed by atoms with E-state index in [1.54, 1.807) is 12.5 Å². The van der Waals surface area contributed by atoms with Gasteiger partial charge in [0.1, 0.15) is 0 Å². The van der Waals surface area contributed by atoms with Gasteiger partial charge in [-0.25, -0.2) is 4.98 Å². The first-order valence-electron chi connectivity index (χ1n) is 1.81. The first-order valence-corrected chi connectivity index (χ1v) is 1.81. The molecule has 1 rings (SSSR count). The molecule has 0 atom stereocenters. The predicted molar refractivity (Wildman–Crippen MR) is 23.2 cm³/mol. The van der Waals surface area contributed by atoms with Crippen molar-refractivity contribution < 1.29 is 17.1 Å². The molecule has 0 bridgehead atoms. The third kappa shape index (κ3) is 1.76. The van der Waals surface area contributed by atoms with Crippen LogP contribution in [-0.2, 0) is 24.1 Å². The summed E-state index contributed by atoms with van der Waals surface area (Å²) >= 11 is 0. The van der Waals surface area contributed by atoms with Gasteiger partial charge >= 0.3 is 17.1 Å². The average molecular weight is 138 g/mol. The molecule has 0 amide bonds. The Bertz CT molecular complexity index is 113. The van der Waals surface area contributed by atoms with Crippen molar-refractivity contribution in [1.82, 2.24) is 9.55 Å². The van der Waals surface area contributed by atoms with E-state index in [2.05, 4.69) is 4.98 Å². The molecule has 3 heteroatoms. The normalized spacial score (nSPS) is 7.57. The van der Waals surface area contributed by atoms with Crippen molar-refractivity contribution >= 4 is 0 Å². The van der Waals surface area contributed by atoms with Gasteiger partial charge < -0.3 is 4.57 Å². The fraction of sp³-hybridized carbons (Fsp3) is 0.250. The molecule has 0 aliphatic heterocycles. The van der Waals surface area contributed by atoms with E-state index in [-0.39, 0.29) is 17.1 Å². The van der Waals surface area contributed by atoms with Gasteiger partial charge in [-0.1, -0.05) is 0 Å². The van der Waals surface area contributed by atoms with E-state index < -0.39 is 0 Å². The molecule has 0 aromatic carbocycles. The second kappa shape index (κ2) is 2.83. The van der Waals surface area contributed by atoms with Crippen LogP contribution >= 0.6 is 0 Å². The Morgan fingerprint density at radius 2 is 2.29 bits per heavy atom. The summed E-state index contributed by atoms with van der Waals surface area (Å²) in [5.41, 5.74) is 0. The number of nitrogens with zero attached hydrogens (tertiary/aromatic N) is 2. The molecular formula is C4H6FeN2+2. The topological polar surface area (TPSA) is 17.8 Å². The van der Waals surface area contributed by atoms with Crippen LogP contribution in [0.5, 0.6) is 0 Å². The summed E-state index contributed by atoms with van der Waals surface area (Å²) in [7, 11) is 1.94. The quantitative estimate of drug-likeness (QED) is 0.475. The summed E-state index contributed by atoms with van der Waals surface area (Å²) in [4.78, 5) is 3.78. The van der Waals surface area contributed by atoms with Gasteiger partial charge in [-0.3, -0.25) is 0 Å². The monoisotopic (exact) mass is 138 g/mol. The van der Waals surface area contributed by atoms with E-state index in [0.717, 1.165) is 0 Å².